The first-order valence-electron chi connectivity index (χ1n) is 5.98. The number of nitrogens with one attached hydrogen (secondary N) is 1. The Kier molecular flexibility index (Phi) is 3.13. The van der Waals surface area contributed by atoms with Crippen LogP contribution in [-0.4, -0.2) is 12.6 Å². The van der Waals surface area contributed by atoms with Crippen LogP contribution in [0.15, 0.2) is 0 Å². The van der Waals surface area contributed by atoms with Gasteiger partial charge in [-0.1, -0.05) is 6.92 Å². The van der Waals surface area contributed by atoms with Gasteiger partial charge in [0.2, 0.25) is 0 Å². The predicted octanol–water partition coefficient (Wildman–Crippen LogP) is 2.42. The minimum Gasteiger partial charge on any atom is -0.313 e. The molecular formula is C13H21N. The van der Waals surface area contributed by atoms with Gasteiger partial charge in [0.25, 0.3) is 0 Å². The molecule has 14 heavy (non-hydrogen) atoms. The summed E-state index contributed by atoms with van der Waals surface area (Å²) in [4.78, 5) is 0. The van der Waals surface area contributed by atoms with Crippen molar-refractivity contribution in [2.75, 3.05) is 6.54 Å². The summed E-state index contributed by atoms with van der Waals surface area (Å²) in [6.07, 6.45) is 5.50. The van der Waals surface area contributed by atoms with Crippen LogP contribution in [0.1, 0.15) is 39.5 Å². The summed E-state index contributed by atoms with van der Waals surface area (Å²) in [6.45, 7) is 5.22. The van der Waals surface area contributed by atoms with Gasteiger partial charge in [-0.2, -0.15) is 0 Å². The predicted molar refractivity (Wildman–Crippen MR) is 59.9 cm³/mol. The van der Waals surface area contributed by atoms with Crippen molar-refractivity contribution in [1.82, 2.24) is 5.32 Å². The van der Waals surface area contributed by atoms with Gasteiger partial charge in [-0.3, -0.25) is 0 Å². The molecule has 0 aliphatic heterocycles. The Labute approximate surface area is 87.7 Å². The molecule has 2 aliphatic rings. The van der Waals surface area contributed by atoms with E-state index < -0.39 is 0 Å². The van der Waals surface area contributed by atoms with Gasteiger partial charge in [-0.15, -0.1) is 11.8 Å². The molecule has 0 spiro atoms. The lowest BCUT2D eigenvalue weighted by molar-refractivity contribution is 0.343. The molecule has 2 rings (SSSR count). The Hall–Kier alpha value is -0.480. The average molecular weight is 191 g/mol. The molecule has 78 valence electrons. The Morgan fingerprint density at radius 1 is 1.29 bits per heavy atom. The van der Waals surface area contributed by atoms with Crippen molar-refractivity contribution in [3.05, 3.63) is 0 Å². The highest BCUT2D eigenvalue weighted by Crippen LogP contribution is 2.55. The molecule has 2 aliphatic carbocycles. The monoisotopic (exact) mass is 191 g/mol. The highest BCUT2D eigenvalue weighted by molar-refractivity contribution is 5.04. The molecule has 3 unspecified atom stereocenters. The van der Waals surface area contributed by atoms with E-state index in [2.05, 4.69) is 24.1 Å². The van der Waals surface area contributed by atoms with Crippen molar-refractivity contribution < 1.29 is 0 Å². The van der Waals surface area contributed by atoms with Gasteiger partial charge in [0.05, 0.1) is 0 Å². The van der Waals surface area contributed by atoms with E-state index in [9.17, 15) is 0 Å². The third-order valence-corrected chi connectivity index (χ3v) is 3.81. The lowest BCUT2D eigenvalue weighted by Gasteiger charge is -2.23. The molecule has 2 saturated carbocycles. The Morgan fingerprint density at radius 2 is 2.00 bits per heavy atom. The third kappa shape index (κ3) is 2.12. The number of fused-ring (bicyclic) bond motifs is 1. The van der Waals surface area contributed by atoms with E-state index in [1.165, 1.54) is 19.3 Å². The van der Waals surface area contributed by atoms with Gasteiger partial charge in [-0.05, 0) is 50.5 Å². The maximum Gasteiger partial charge on any atom is 0.0245 e. The largest absolute Gasteiger partial charge is 0.313 e. The molecule has 0 aromatic heterocycles. The van der Waals surface area contributed by atoms with Crippen LogP contribution in [0.3, 0.4) is 0 Å². The van der Waals surface area contributed by atoms with Gasteiger partial charge < -0.3 is 5.32 Å². The second-order valence-electron chi connectivity index (χ2n) is 4.78. The standard InChI is InChI=1S/C13H21N/c1-3-5-6-13(14-4-2)12-8-10-7-11(10)9-12/h10-14H,4,6-9H2,1-2H3. The van der Waals surface area contributed by atoms with E-state index >= 15 is 0 Å². The number of hydrogen-bond acceptors (Lipinski definition) is 1. The van der Waals surface area contributed by atoms with Crippen LogP contribution in [0.2, 0.25) is 0 Å². The van der Waals surface area contributed by atoms with Crippen LogP contribution in [0.5, 0.6) is 0 Å². The quantitative estimate of drug-likeness (QED) is 0.673. The summed E-state index contributed by atoms with van der Waals surface area (Å²) in [5.41, 5.74) is 0. The normalized spacial score (nSPS) is 35.7. The zero-order valence-corrected chi connectivity index (χ0v) is 9.34. The van der Waals surface area contributed by atoms with Crippen molar-refractivity contribution in [1.29, 1.82) is 0 Å². The fourth-order valence-electron chi connectivity index (χ4n) is 2.97. The topological polar surface area (TPSA) is 12.0 Å². The molecule has 0 heterocycles. The summed E-state index contributed by atoms with van der Waals surface area (Å²) < 4.78 is 0. The maximum absolute atomic E-state index is 3.60. The average Bonchev–Trinajstić information content (AvgIpc) is 2.81. The van der Waals surface area contributed by atoms with Gasteiger partial charge in [0, 0.05) is 12.5 Å². The van der Waals surface area contributed by atoms with Crippen LogP contribution >= 0.6 is 0 Å². The second kappa shape index (κ2) is 4.36. The van der Waals surface area contributed by atoms with Crippen LogP contribution < -0.4 is 5.32 Å². The van der Waals surface area contributed by atoms with E-state index in [4.69, 9.17) is 0 Å². The molecule has 0 aromatic carbocycles. The van der Waals surface area contributed by atoms with Crippen molar-refractivity contribution >= 4 is 0 Å². The van der Waals surface area contributed by atoms with Crippen molar-refractivity contribution in [3.63, 3.8) is 0 Å². The Bertz CT molecular complexity index is 238. The van der Waals surface area contributed by atoms with Gasteiger partial charge >= 0.3 is 0 Å². The van der Waals surface area contributed by atoms with Crippen molar-refractivity contribution in [2.24, 2.45) is 17.8 Å². The zero-order chi connectivity index (χ0) is 9.97. The van der Waals surface area contributed by atoms with Crippen LogP contribution in [0.4, 0.5) is 0 Å². The molecule has 0 bridgehead atoms. The summed E-state index contributed by atoms with van der Waals surface area (Å²) in [6, 6.07) is 0.667. The van der Waals surface area contributed by atoms with Crippen LogP contribution in [0.25, 0.3) is 0 Å². The highest BCUT2D eigenvalue weighted by Gasteiger charge is 2.47. The molecule has 3 atom stereocenters. The molecule has 0 amide bonds. The van der Waals surface area contributed by atoms with E-state index in [-0.39, 0.29) is 0 Å². The Balaban J connectivity index is 1.84. The van der Waals surface area contributed by atoms with Crippen LogP contribution in [0, 0.1) is 29.6 Å². The number of hydrogen-bond donors (Lipinski definition) is 1. The van der Waals surface area contributed by atoms with Crippen molar-refractivity contribution in [3.8, 4) is 11.8 Å². The molecule has 1 nitrogen and oxygen atoms in total. The van der Waals surface area contributed by atoms with Gasteiger partial charge in [-0.25, -0.2) is 0 Å². The molecule has 1 heteroatoms. The second-order valence-corrected chi connectivity index (χ2v) is 4.78. The summed E-state index contributed by atoms with van der Waals surface area (Å²) in [7, 11) is 0. The fourth-order valence-corrected chi connectivity index (χ4v) is 2.97. The number of rotatable bonds is 4. The minimum absolute atomic E-state index is 0.667. The molecule has 0 saturated heterocycles. The maximum atomic E-state index is 3.60. The summed E-state index contributed by atoms with van der Waals surface area (Å²) in [5.74, 6) is 9.34. The highest BCUT2D eigenvalue weighted by atomic mass is 14.9. The van der Waals surface area contributed by atoms with Gasteiger partial charge in [0.15, 0.2) is 0 Å². The summed E-state index contributed by atoms with van der Waals surface area (Å²) in [5, 5.41) is 3.60. The molecule has 0 radical (unpaired) electrons. The summed E-state index contributed by atoms with van der Waals surface area (Å²) >= 11 is 0. The molecule has 0 aromatic rings. The van der Waals surface area contributed by atoms with Crippen LogP contribution in [-0.2, 0) is 0 Å². The van der Waals surface area contributed by atoms with E-state index in [0.29, 0.717) is 6.04 Å². The SMILES string of the molecule is CC#CCC(NCC)C1CC2CC2C1. The first-order chi connectivity index (χ1) is 6.85. The Morgan fingerprint density at radius 3 is 2.57 bits per heavy atom. The molecule has 1 N–H and O–H groups in total. The smallest absolute Gasteiger partial charge is 0.0245 e. The molecular weight excluding hydrogens is 170 g/mol. The fraction of sp³-hybridized carbons (Fsp3) is 0.846. The zero-order valence-electron chi connectivity index (χ0n) is 9.34. The third-order valence-electron chi connectivity index (χ3n) is 3.81. The molecule has 2 fully saturated rings. The van der Waals surface area contributed by atoms with Crippen molar-refractivity contribution in [2.45, 2.75) is 45.6 Å². The first kappa shape index (κ1) is 10.1. The van der Waals surface area contributed by atoms with Gasteiger partial charge in [0.1, 0.15) is 0 Å². The van der Waals surface area contributed by atoms with E-state index in [1.807, 2.05) is 6.92 Å². The van der Waals surface area contributed by atoms with E-state index in [1.54, 1.807) is 0 Å². The minimum atomic E-state index is 0.667. The van der Waals surface area contributed by atoms with E-state index in [0.717, 1.165) is 30.7 Å². The lowest BCUT2D eigenvalue weighted by atomic mass is 9.92. The first-order valence-corrected chi connectivity index (χ1v) is 5.98. The lowest BCUT2D eigenvalue weighted by Crippen LogP contribution is -2.35.